The molecule has 0 radical (unpaired) electrons. The van der Waals surface area contributed by atoms with E-state index in [1.54, 1.807) is 18.3 Å². The molecule has 0 unspecified atom stereocenters. The number of aromatic nitrogens is 1. The van der Waals surface area contributed by atoms with Crippen LogP contribution < -0.4 is 20.4 Å². The number of ether oxygens (including phenoxy) is 1. The van der Waals surface area contributed by atoms with Crippen LogP contribution in [0.2, 0.25) is 0 Å². The van der Waals surface area contributed by atoms with E-state index in [0.29, 0.717) is 5.75 Å². The highest BCUT2D eigenvalue weighted by Crippen LogP contribution is 2.23. The first kappa shape index (κ1) is 21.4. The summed E-state index contributed by atoms with van der Waals surface area (Å²) in [6.45, 7) is 0.258. The van der Waals surface area contributed by atoms with Crippen molar-refractivity contribution in [3.8, 4) is 5.75 Å². The Morgan fingerprint density at radius 3 is 2.42 bits per heavy atom. The van der Waals surface area contributed by atoms with Gasteiger partial charge < -0.3 is 24.5 Å². The van der Waals surface area contributed by atoms with Gasteiger partial charge in [-0.3, -0.25) is 9.78 Å². The molecule has 1 aromatic heterocycles. The number of aliphatic carboxylic acids is 2. The zero-order chi connectivity index (χ0) is 22.2. The summed E-state index contributed by atoms with van der Waals surface area (Å²) >= 11 is 0. The minimum Gasteiger partial charge on any atom is -0.550 e. The Balaban J connectivity index is 1.61. The van der Waals surface area contributed by atoms with E-state index in [0.717, 1.165) is 16.5 Å². The largest absolute Gasteiger partial charge is 0.550 e. The molecule has 9 nitrogen and oxygen atoms in total. The number of rotatable bonds is 9. The van der Waals surface area contributed by atoms with Gasteiger partial charge in [-0.15, -0.1) is 0 Å². The van der Waals surface area contributed by atoms with Crippen molar-refractivity contribution < 1.29 is 29.3 Å². The third kappa shape index (κ3) is 5.86. The minimum absolute atomic E-state index is 0.233. The predicted molar refractivity (Wildman–Crippen MR) is 107 cm³/mol. The summed E-state index contributed by atoms with van der Waals surface area (Å²) in [6.07, 6.45) is 0.712. The molecule has 3 rings (SSSR count). The highest BCUT2D eigenvalue weighted by atomic mass is 16.5. The maximum atomic E-state index is 12.1. The van der Waals surface area contributed by atoms with Crippen LogP contribution in [0.25, 0.3) is 10.9 Å². The van der Waals surface area contributed by atoms with Crippen LogP contribution in [0.1, 0.15) is 28.8 Å². The lowest BCUT2D eigenvalue weighted by atomic mass is 10.1. The molecule has 1 N–H and O–H groups in total. The highest BCUT2D eigenvalue weighted by Gasteiger charge is 2.08. The van der Waals surface area contributed by atoms with Crippen LogP contribution in [-0.4, -0.2) is 28.5 Å². The number of carbonyl (C=O) groups excluding carboxylic acids is 3. The predicted octanol–water partition coefficient (Wildman–Crippen LogP) is 0.180. The normalized spacial score (nSPS) is 11.2. The third-order valence-electron chi connectivity index (χ3n) is 4.30. The number of nitrogens with zero attached hydrogens (tertiary/aromatic N) is 2. The molecule has 9 heteroatoms. The van der Waals surface area contributed by atoms with Crippen molar-refractivity contribution in [3.05, 3.63) is 71.9 Å². The summed E-state index contributed by atoms with van der Waals surface area (Å²) < 4.78 is 5.85. The lowest BCUT2D eigenvalue weighted by Gasteiger charge is -2.10. The van der Waals surface area contributed by atoms with E-state index in [2.05, 4.69) is 15.5 Å². The molecule has 2 aromatic carbocycles. The first-order chi connectivity index (χ1) is 14.9. The van der Waals surface area contributed by atoms with Gasteiger partial charge in [0.25, 0.3) is 5.91 Å². The van der Waals surface area contributed by atoms with Crippen molar-refractivity contribution in [1.29, 1.82) is 0 Å². The zero-order valence-electron chi connectivity index (χ0n) is 16.2. The molecule has 0 aliphatic heterocycles. The van der Waals surface area contributed by atoms with Gasteiger partial charge in [-0.2, -0.15) is 5.10 Å². The molecule has 1 amide bonds. The van der Waals surface area contributed by atoms with Gasteiger partial charge in [0.2, 0.25) is 0 Å². The van der Waals surface area contributed by atoms with Crippen molar-refractivity contribution in [1.82, 2.24) is 10.4 Å². The number of amides is 1. The Labute approximate surface area is 177 Å². The molecule has 31 heavy (non-hydrogen) atoms. The van der Waals surface area contributed by atoms with Crippen LogP contribution in [0.4, 0.5) is 0 Å². The van der Waals surface area contributed by atoms with E-state index < -0.39 is 36.4 Å². The Morgan fingerprint density at radius 1 is 0.968 bits per heavy atom. The smallest absolute Gasteiger partial charge is 0.271 e. The Hall–Kier alpha value is -4.27. The van der Waals surface area contributed by atoms with Crippen LogP contribution in [0, 0.1) is 0 Å². The van der Waals surface area contributed by atoms with E-state index in [-0.39, 0.29) is 12.2 Å². The standard InChI is InChI=1S/C22H19N3O6/c26-19(27)11-10-17(22(29)30)24-25-21(28)16-8-6-14(7-9-16)13-31-18-5-1-3-15-4-2-12-23-20(15)18/h1-9,12H,10-11,13H2,(H,25,28)(H,26,27)(H,29,30)/p-2/b24-17-. The molecule has 1 heterocycles. The zero-order valence-corrected chi connectivity index (χ0v) is 16.2. The number of nitrogens with one attached hydrogen (secondary N) is 1. The number of benzene rings is 2. The quantitative estimate of drug-likeness (QED) is 0.385. The van der Waals surface area contributed by atoms with Gasteiger partial charge in [-0.1, -0.05) is 30.3 Å². The van der Waals surface area contributed by atoms with Gasteiger partial charge in [-0.05, 0) is 42.7 Å². The fourth-order valence-electron chi connectivity index (χ4n) is 2.71. The first-order valence-corrected chi connectivity index (χ1v) is 9.27. The number of pyridine rings is 1. The lowest BCUT2D eigenvalue weighted by molar-refractivity contribution is -0.305. The van der Waals surface area contributed by atoms with Crippen molar-refractivity contribution in [2.45, 2.75) is 19.4 Å². The van der Waals surface area contributed by atoms with Crippen molar-refractivity contribution in [2.75, 3.05) is 0 Å². The van der Waals surface area contributed by atoms with Crippen molar-refractivity contribution >= 4 is 34.5 Å². The number of carboxylic acid groups (broad SMARTS) is 2. The molecule has 3 aromatic rings. The van der Waals surface area contributed by atoms with Gasteiger partial charge in [0.1, 0.15) is 17.9 Å². The monoisotopic (exact) mass is 419 g/mol. The second-order valence-corrected chi connectivity index (χ2v) is 6.48. The van der Waals surface area contributed by atoms with Gasteiger partial charge in [0.15, 0.2) is 0 Å². The second kappa shape index (κ2) is 9.97. The number of para-hydroxylation sites is 1. The number of carboxylic acids is 2. The summed E-state index contributed by atoms with van der Waals surface area (Å²) in [7, 11) is 0. The van der Waals surface area contributed by atoms with E-state index in [1.807, 2.05) is 30.3 Å². The summed E-state index contributed by atoms with van der Waals surface area (Å²) in [4.78, 5) is 37.9. The molecule has 0 saturated heterocycles. The van der Waals surface area contributed by atoms with E-state index in [4.69, 9.17) is 4.74 Å². The number of hydrazone groups is 1. The van der Waals surface area contributed by atoms with Crippen molar-refractivity contribution in [2.24, 2.45) is 5.10 Å². The molecule has 0 aliphatic carbocycles. The molecule has 0 saturated carbocycles. The van der Waals surface area contributed by atoms with E-state index >= 15 is 0 Å². The summed E-state index contributed by atoms with van der Waals surface area (Å²) in [5.74, 6) is -3.12. The average Bonchev–Trinajstić information content (AvgIpc) is 2.77. The molecule has 0 fully saturated rings. The lowest BCUT2D eigenvalue weighted by Crippen LogP contribution is -2.35. The first-order valence-electron chi connectivity index (χ1n) is 9.27. The minimum atomic E-state index is -1.67. The Bertz CT molecular complexity index is 1140. The van der Waals surface area contributed by atoms with Crippen LogP contribution in [0.3, 0.4) is 0 Å². The molecule has 0 atom stereocenters. The molecular formula is C22H17N3O6-2. The summed E-state index contributed by atoms with van der Waals surface area (Å²) in [5.41, 5.74) is 3.27. The number of fused-ring (bicyclic) bond motifs is 1. The van der Waals surface area contributed by atoms with Gasteiger partial charge >= 0.3 is 0 Å². The summed E-state index contributed by atoms with van der Waals surface area (Å²) in [6, 6.07) is 15.9. The SMILES string of the molecule is O=C([O-])CC/C(=N/NC(=O)c1ccc(COc2cccc3cccnc23)cc1)C(=O)[O-]. The maximum absolute atomic E-state index is 12.1. The fraction of sp³-hybridized carbons (Fsp3) is 0.136. The van der Waals surface area contributed by atoms with Crippen LogP contribution in [0.5, 0.6) is 5.75 Å². The number of hydrogen-bond acceptors (Lipinski definition) is 8. The van der Waals surface area contributed by atoms with Gasteiger partial charge in [0, 0.05) is 23.1 Å². The highest BCUT2D eigenvalue weighted by molar-refractivity contribution is 6.34. The number of carbonyl (C=O) groups is 3. The van der Waals surface area contributed by atoms with Crippen molar-refractivity contribution in [3.63, 3.8) is 0 Å². The molecular weight excluding hydrogens is 402 g/mol. The molecule has 158 valence electrons. The van der Waals surface area contributed by atoms with E-state index in [1.165, 1.54) is 12.1 Å². The van der Waals surface area contributed by atoms with E-state index in [9.17, 15) is 24.6 Å². The van der Waals surface area contributed by atoms with Gasteiger partial charge in [0.05, 0.1) is 11.7 Å². The van der Waals surface area contributed by atoms with Gasteiger partial charge in [-0.25, -0.2) is 5.43 Å². The Kier molecular flexibility index (Phi) is 6.89. The van der Waals surface area contributed by atoms with Crippen LogP contribution in [0.15, 0.2) is 65.9 Å². The molecule has 0 spiro atoms. The third-order valence-corrected chi connectivity index (χ3v) is 4.30. The average molecular weight is 419 g/mol. The topological polar surface area (TPSA) is 144 Å². The summed E-state index contributed by atoms with van der Waals surface area (Å²) in [5, 5.41) is 25.8. The number of hydrogen-bond donors (Lipinski definition) is 1. The molecule has 0 aliphatic rings. The second-order valence-electron chi connectivity index (χ2n) is 6.48. The van der Waals surface area contributed by atoms with Crippen LogP contribution >= 0.6 is 0 Å². The molecule has 0 bridgehead atoms. The Morgan fingerprint density at radius 2 is 1.71 bits per heavy atom. The van der Waals surface area contributed by atoms with Crippen LogP contribution in [-0.2, 0) is 16.2 Å². The maximum Gasteiger partial charge on any atom is 0.271 e. The fourth-order valence-corrected chi connectivity index (χ4v) is 2.71.